The van der Waals surface area contributed by atoms with Crippen LogP contribution in [-0.4, -0.2) is 30.6 Å². The van der Waals surface area contributed by atoms with Crippen molar-refractivity contribution in [2.45, 2.75) is 0 Å². The third kappa shape index (κ3) is 3.08. The van der Waals surface area contributed by atoms with Gasteiger partial charge >= 0.3 is 0 Å². The van der Waals surface area contributed by atoms with Crippen molar-refractivity contribution in [3.8, 4) is 0 Å². The first-order valence-corrected chi connectivity index (χ1v) is 5.80. The van der Waals surface area contributed by atoms with Crippen molar-refractivity contribution in [3.63, 3.8) is 0 Å². The fourth-order valence-electron chi connectivity index (χ4n) is 1.09. The van der Waals surface area contributed by atoms with Gasteiger partial charge in [-0.1, -0.05) is 0 Å². The van der Waals surface area contributed by atoms with Gasteiger partial charge in [-0.3, -0.25) is 0 Å². The first kappa shape index (κ1) is 11.1. The minimum atomic E-state index is 0.693. The lowest BCUT2D eigenvalue weighted by atomic mass is 10.3. The van der Waals surface area contributed by atoms with Crippen molar-refractivity contribution in [1.82, 2.24) is 4.98 Å². The normalized spacial score (nSPS) is 9.93. The molecule has 0 radical (unpaired) electrons. The Morgan fingerprint density at radius 2 is 2.43 bits per heavy atom. The lowest BCUT2D eigenvalue weighted by Gasteiger charge is -2.18. The van der Waals surface area contributed by atoms with Gasteiger partial charge in [0, 0.05) is 37.3 Å². The van der Waals surface area contributed by atoms with Crippen LogP contribution in [0.1, 0.15) is 0 Å². The fourth-order valence-corrected chi connectivity index (χ4v) is 1.55. The molecule has 0 amide bonds. The van der Waals surface area contributed by atoms with Crippen LogP contribution in [-0.2, 0) is 0 Å². The molecule has 0 fully saturated rings. The van der Waals surface area contributed by atoms with Crippen molar-refractivity contribution in [2.75, 3.05) is 35.9 Å². The van der Waals surface area contributed by atoms with E-state index in [1.807, 2.05) is 23.9 Å². The van der Waals surface area contributed by atoms with Gasteiger partial charge in [0.25, 0.3) is 0 Å². The molecule has 1 heterocycles. The largest absolute Gasteiger partial charge is 0.374 e. The summed E-state index contributed by atoms with van der Waals surface area (Å²) in [5.74, 6) is 7.09. The second kappa shape index (κ2) is 5.72. The molecule has 3 N–H and O–H groups in total. The number of rotatable bonds is 5. The number of nitrogen functional groups attached to an aromatic ring is 1. The zero-order chi connectivity index (χ0) is 10.4. The molecule has 0 unspecified atom stereocenters. The SMILES string of the molecule is CSCCN(C)c1ccnc(NN)c1. The van der Waals surface area contributed by atoms with Crippen LogP contribution in [0.5, 0.6) is 0 Å². The molecule has 1 rings (SSSR count). The predicted octanol–water partition coefficient (Wildman–Crippen LogP) is 1.17. The van der Waals surface area contributed by atoms with E-state index in [1.165, 1.54) is 0 Å². The number of nitrogens with one attached hydrogen (secondary N) is 1. The minimum Gasteiger partial charge on any atom is -0.374 e. The lowest BCUT2D eigenvalue weighted by Crippen LogP contribution is -2.20. The van der Waals surface area contributed by atoms with Crippen LogP contribution in [0.3, 0.4) is 0 Å². The molecule has 0 saturated carbocycles. The lowest BCUT2D eigenvalue weighted by molar-refractivity contribution is 0.974. The van der Waals surface area contributed by atoms with Crippen LogP contribution in [0.25, 0.3) is 0 Å². The summed E-state index contributed by atoms with van der Waals surface area (Å²) in [6.07, 6.45) is 3.85. The smallest absolute Gasteiger partial charge is 0.141 e. The Balaban J connectivity index is 2.64. The highest BCUT2D eigenvalue weighted by Gasteiger charge is 2.00. The van der Waals surface area contributed by atoms with Gasteiger partial charge in [0.1, 0.15) is 5.82 Å². The Morgan fingerprint density at radius 3 is 3.07 bits per heavy atom. The maximum atomic E-state index is 5.28. The summed E-state index contributed by atoms with van der Waals surface area (Å²) >= 11 is 1.84. The number of nitrogens with zero attached hydrogens (tertiary/aromatic N) is 2. The molecule has 0 bridgehead atoms. The third-order valence-corrected chi connectivity index (χ3v) is 2.55. The van der Waals surface area contributed by atoms with E-state index in [-0.39, 0.29) is 0 Å². The number of nitrogens with two attached hydrogens (primary N) is 1. The minimum absolute atomic E-state index is 0.693. The second-order valence-corrected chi connectivity index (χ2v) is 3.94. The Morgan fingerprint density at radius 1 is 1.64 bits per heavy atom. The number of thioether (sulfide) groups is 1. The van der Waals surface area contributed by atoms with E-state index >= 15 is 0 Å². The molecule has 0 atom stereocenters. The van der Waals surface area contributed by atoms with Gasteiger partial charge in [0.2, 0.25) is 0 Å². The molecule has 1 aromatic heterocycles. The molecule has 4 nitrogen and oxygen atoms in total. The zero-order valence-electron chi connectivity index (χ0n) is 8.53. The first-order valence-electron chi connectivity index (χ1n) is 4.40. The van der Waals surface area contributed by atoms with Crippen LogP contribution < -0.4 is 16.2 Å². The quantitative estimate of drug-likeness (QED) is 0.567. The average molecular weight is 212 g/mol. The molecule has 0 spiro atoms. The number of aromatic nitrogens is 1. The van der Waals surface area contributed by atoms with Crippen molar-refractivity contribution >= 4 is 23.3 Å². The Bertz CT molecular complexity index is 279. The summed E-state index contributed by atoms with van der Waals surface area (Å²) < 4.78 is 0. The summed E-state index contributed by atoms with van der Waals surface area (Å²) in [7, 11) is 2.06. The molecular formula is C9H16N4S. The molecule has 0 aliphatic carbocycles. The zero-order valence-corrected chi connectivity index (χ0v) is 9.34. The van der Waals surface area contributed by atoms with E-state index in [4.69, 9.17) is 5.84 Å². The molecule has 14 heavy (non-hydrogen) atoms. The number of pyridine rings is 1. The number of hydrogen-bond donors (Lipinski definition) is 2. The summed E-state index contributed by atoms with van der Waals surface area (Å²) in [5.41, 5.74) is 3.66. The standard InChI is InChI=1S/C9H16N4S/c1-13(5-6-14-2)8-3-4-11-9(7-8)12-10/h3-4,7H,5-6,10H2,1-2H3,(H,11,12). The molecule has 0 aliphatic heterocycles. The van der Waals surface area contributed by atoms with Gasteiger partial charge in [-0.2, -0.15) is 11.8 Å². The van der Waals surface area contributed by atoms with E-state index in [2.05, 4.69) is 28.6 Å². The first-order chi connectivity index (χ1) is 6.77. The van der Waals surface area contributed by atoms with Gasteiger partial charge < -0.3 is 10.3 Å². The molecule has 0 saturated heterocycles. The topological polar surface area (TPSA) is 54.2 Å². The third-order valence-electron chi connectivity index (χ3n) is 1.96. The van der Waals surface area contributed by atoms with E-state index in [1.54, 1.807) is 6.20 Å². The molecule has 0 aromatic carbocycles. The van der Waals surface area contributed by atoms with E-state index in [9.17, 15) is 0 Å². The van der Waals surface area contributed by atoms with Gasteiger partial charge in [-0.15, -0.1) is 0 Å². The molecule has 1 aromatic rings. The van der Waals surface area contributed by atoms with Gasteiger partial charge in [-0.05, 0) is 12.3 Å². The van der Waals surface area contributed by atoms with Crippen LogP contribution in [0.4, 0.5) is 11.5 Å². The number of hydrogen-bond acceptors (Lipinski definition) is 5. The molecule has 5 heteroatoms. The summed E-state index contributed by atoms with van der Waals surface area (Å²) in [6.45, 7) is 1.02. The van der Waals surface area contributed by atoms with Gasteiger partial charge in [0.15, 0.2) is 0 Å². The highest BCUT2D eigenvalue weighted by molar-refractivity contribution is 7.98. The highest BCUT2D eigenvalue weighted by atomic mass is 32.2. The number of anilines is 2. The Hall–Kier alpha value is -0.940. The monoisotopic (exact) mass is 212 g/mol. The van der Waals surface area contributed by atoms with E-state index < -0.39 is 0 Å². The Labute approximate surface area is 88.9 Å². The van der Waals surface area contributed by atoms with E-state index in [0.717, 1.165) is 18.0 Å². The average Bonchev–Trinajstić information content (AvgIpc) is 2.26. The van der Waals surface area contributed by atoms with Crippen molar-refractivity contribution in [2.24, 2.45) is 5.84 Å². The van der Waals surface area contributed by atoms with Crippen molar-refractivity contribution < 1.29 is 0 Å². The van der Waals surface area contributed by atoms with Crippen molar-refractivity contribution in [3.05, 3.63) is 18.3 Å². The maximum Gasteiger partial charge on any atom is 0.141 e. The fraction of sp³-hybridized carbons (Fsp3) is 0.444. The van der Waals surface area contributed by atoms with Crippen LogP contribution in [0, 0.1) is 0 Å². The van der Waals surface area contributed by atoms with Crippen LogP contribution in [0.15, 0.2) is 18.3 Å². The van der Waals surface area contributed by atoms with Crippen LogP contribution >= 0.6 is 11.8 Å². The van der Waals surface area contributed by atoms with Gasteiger partial charge in [0.05, 0.1) is 0 Å². The Kier molecular flexibility index (Phi) is 4.55. The highest BCUT2D eigenvalue weighted by Crippen LogP contribution is 2.15. The molecule has 0 aliphatic rings. The molecule has 78 valence electrons. The van der Waals surface area contributed by atoms with Gasteiger partial charge in [-0.25, -0.2) is 10.8 Å². The van der Waals surface area contributed by atoms with Crippen molar-refractivity contribution in [1.29, 1.82) is 0 Å². The predicted molar refractivity (Wildman–Crippen MR) is 63.7 cm³/mol. The summed E-state index contributed by atoms with van der Waals surface area (Å²) in [4.78, 5) is 6.23. The second-order valence-electron chi connectivity index (χ2n) is 2.96. The summed E-state index contributed by atoms with van der Waals surface area (Å²) in [5, 5.41) is 0. The molecular weight excluding hydrogens is 196 g/mol. The summed E-state index contributed by atoms with van der Waals surface area (Å²) in [6, 6.07) is 3.90. The maximum absolute atomic E-state index is 5.28. The van der Waals surface area contributed by atoms with E-state index in [0.29, 0.717) is 5.82 Å². The van der Waals surface area contributed by atoms with Crippen LogP contribution in [0.2, 0.25) is 0 Å². The number of hydrazine groups is 1.